The Bertz CT molecular complexity index is 473. The number of hydrogen-bond acceptors (Lipinski definition) is 4. The number of methoxy groups -OCH3 is 1. The molecule has 0 heterocycles. The van der Waals surface area contributed by atoms with Gasteiger partial charge in [-0.15, -0.1) is 0 Å². The Balaban J connectivity index is 3.14. The van der Waals surface area contributed by atoms with Gasteiger partial charge in [0.05, 0.1) is 23.2 Å². The SMILES string of the molecule is CCOC(=O)C(=O)c1cc(COC)cc(Br)c1F. The van der Waals surface area contributed by atoms with Crippen molar-refractivity contribution in [3.8, 4) is 0 Å². The van der Waals surface area contributed by atoms with Crippen LogP contribution >= 0.6 is 15.9 Å². The van der Waals surface area contributed by atoms with E-state index in [2.05, 4.69) is 20.7 Å². The van der Waals surface area contributed by atoms with E-state index in [9.17, 15) is 14.0 Å². The number of benzene rings is 1. The zero-order chi connectivity index (χ0) is 13.7. The Kier molecular flexibility index (Phi) is 5.43. The van der Waals surface area contributed by atoms with Crippen molar-refractivity contribution >= 4 is 27.7 Å². The highest BCUT2D eigenvalue weighted by Gasteiger charge is 2.23. The number of halogens is 2. The highest BCUT2D eigenvalue weighted by atomic mass is 79.9. The second-order valence-corrected chi connectivity index (χ2v) is 4.28. The molecule has 0 amide bonds. The molecular formula is C12H12BrFO4. The van der Waals surface area contributed by atoms with Crippen molar-refractivity contribution in [1.82, 2.24) is 0 Å². The Morgan fingerprint density at radius 1 is 1.39 bits per heavy atom. The van der Waals surface area contributed by atoms with E-state index in [4.69, 9.17) is 4.74 Å². The van der Waals surface area contributed by atoms with E-state index in [1.807, 2.05) is 0 Å². The molecule has 0 aliphatic rings. The number of ketones is 1. The summed E-state index contributed by atoms with van der Waals surface area (Å²) in [6.45, 7) is 1.84. The molecule has 0 spiro atoms. The molecule has 0 saturated carbocycles. The van der Waals surface area contributed by atoms with Gasteiger partial charge in [-0.05, 0) is 40.5 Å². The first-order valence-electron chi connectivity index (χ1n) is 5.19. The van der Waals surface area contributed by atoms with E-state index in [1.165, 1.54) is 19.2 Å². The summed E-state index contributed by atoms with van der Waals surface area (Å²) in [6.07, 6.45) is 0. The van der Waals surface area contributed by atoms with Gasteiger partial charge in [0, 0.05) is 7.11 Å². The first-order valence-corrected chi connectivity index (χ1v) is 5.98. The zero-order valence-electron chi connectivity index (χ0n) is 9.96. The molecule has 0 radical (unpaired) electrons. The molecule has 0 aromatic heterocycles. The summed E-state index contributed by atoms with van der Waals surface area (Å²) in [5, 5.41) is 0. The molecule has 1 aromatic carbocycles. The lowest BCUT2D eigenvalue weighted by molar-refractivity contribution is -0.137. The van der Waals surface area contributed by atoms with Crippen LogP contribution in [-0.4, -0.2) is 25.5 Å². The summed E-state index contributed by atoms with van der Waals surface area (Å²) in [5.74, 6) is -2.86. The number of carbonyl (C=O) groups is 2. The van der Waals surface area contributed by atoms with E-state index >= 15 is 0 Å². The minimum Gasteiger partial charge on any atom is -0.460 e. The second kappa shape index (κ2) is 6.61. The van der Waals surface area contributed by atoms with Crippen LogP contribution in [0, 0.1) is 5.82 Å². The predicted molar refractivity (Wildman–Crippen MR) is 65.8 cm³/mol. The fraction of sp³-hybridized carbons (Fsp3) is 0.333. The Morgan fingerprint density at radius 3 is 2.61 bits per heavy atom. The zero-order valence-corrected chi connectivity index (χ0v) is 11.5. The normalized spacial score (nSPS) is 10.2. The van der Waals surface area contributed by atoms with Gasteiger partial charge in [-0.1, -0.05) is 0 Å². The van der Waals surface area contributed by atoms with Crippen molar-refractivity contribution in [1.29, 1.82) is 0 Å². The summed E-state index contributed by atoms with van der Waals surface area (Å²) in [4.78, 5) is 23.0. The molecular weight excluding hydrogens is 307 g/mol. The van der Waals surface area contributed by atoms with Crippen LogP contribution in [0.5, 0.6) is 0 Å². The molecule has 6 heteroatoms. The molecule has 98 valence electrons. The van der Waals surface area contributed by atoms with Crippen molar-refractivity contribution in [2.75, 3.05) is 13.7 Å². The van der Waals surface area contributed by atoms with Crippen molar-refractivity contribution in [3.63, 3.8) is 0 Å². The second-order valence-electron chi connectivity index (χ2n) is 3.42. The lowest BCUT2D eigenvalue weighted by Gasteiger charge is -2.07. The maximum atomic E-state index is 13.8. The maximum absolute atomic E-state index is 13.8. The van der Waals surface area contributed by atoms with E-state index in [0.717, 1.165) is 0 Å². The fourth-order valence-corrected chi connectivity index (χ4v) is 1.87. The van der Waals surface area contributed by atoms with Crippen molar-refractivity contribution in [2.45, 2.75) is 13.5 Å². The highest BCUT2D eigenvalue weighted by molar-refractivity contribution is 9.10. The topological polar surface area (TPSA) is 52.6 Å². The summed E-state index contributed by atoms with van der Waals surface area (Å²) < 4.78 is 23.3. The Morgan fingerprint density at radius 2 is 2.06 bits per heavy atom. The smallest absolute Gasteiger partial charge is 0.379 e. The molecule has 18 heavy (non-hydrogen) atoms. The third-order valence-corrected chi connectivity index (χ3v) is 2.68. The average Bonchev–Trinajstić information content (AvgIpc) is 2.33. The first kappa shape index (κ1) is 14.8. The van der Waals surface area contributed by atoms with Crippen LogP contribution in [0.15, 0.2) is 16.6 Å². The van der Waals surface area contributed by atoms with Crippen LogP contribution in [0.25, 0.3) is 0 Å². The third-order valence-electron chi connectivity index (χ3n) is 2.10. The largest absolute Gasteiger partial charge is 0.460 e. The summed E-state index contributed by atoms with van der Waals surface area (Å²) in [7, 11) is 1.48. The Labute approximate surface area is 112 Å². The van der Waals surface area contributed by atoms with Gasteiger partial charge >= 0.3 is 5.97 Å². The molecule has 0 bridgehead atoms. The lowest BCUT2D eigenvalue weighted by Crippen LogP contribution is -2.19. The molecule has 4 nitrogen and oxygen atoms in total. The third kappa shape index (κ3) is 3.36. The van der Waals surface area contributed by atoms with Crippen LogP contribution < -0.4 is 0 Å². The predicted octanol–water partition coefficient (Wildman–Crippen LogP) is 2.48. The summed E-state index contributed by atoms with van der Waals surface area (Å²) in [5.41, 5.74) is 0.258. The molecule has 0 aliphatic carbocycles. The molecule has 1 aromatic rings. The van der Waals surface area contributed by atoms with Gasteiger partial charge in [0.1, 0.15) is 5.82 Å². The first-order chi connectivity index (χ1) is 8.51. The standard InChI is InChI=1S/C12H12BrFO4/c1-3-18-12(16)11(15)8-4-7(6-17-2)5-9(13)10(8)14/h4-5H,3,6H2,1-2H3. The van der Waals surface area contributed by atoms with Crippen LogP contribution in [0.2, 0.25) is 0 Å². The molecule has 0 N–H and O–H groups in total. The van der Waals surface area contributed by atoms with E-state index in [1.54, 1.807) is 6.92 Å². The van der Waals surface area contributed by atoms with Gasteiger partial charge in [-0.2, -0.15) is 0 Å². The van der Waals surface area contributed by atoms with Gasteiger partial charge in [-0.25, -0.2) is 9.18 Å². The van der Waals surface area contributed by atoms with Crippen LogP contribution in [-0.2, 0) is 20.9 Å². The minimum atomic E-state index is -1.07. The maximum Gasteiger partial charge on any atom is 0.379 e. The number of Topliss-reactive ketones (excluding diaryl/α,β-unsaturated/α-hetero) is 1. The van der Waals surface area contributed by atoms with Crippen LogP contribution in [0.4, 0.5) is 4.39 Å². The average molecular weight is 319 g/mol. The van der Waals surface area contributed by atoms with Crippen molar-refractivity contribution < 1.29 is 23.5 Å². The Hall–Kier alpha value is -1.27. The molecule has 0 aliphatic heterocycles. The van der Waals surface area contributed by atoms with Crippen molar-refractivity contribution in [3.05, 3.63) is 33.5 Å². The van der Waals surface area contributed by atoms with E-state index < -0.39 is 17.6 Å². The van der Waals surface area contributed by atoms with E-state index in [0.29, 0.717) is 5.56 Å². The molecule has 0 saturated heterocycles. The number of hydrogen-bond donors (Lipinski definition) is 0. The molecule has 0 unspecified atom stereocenters. The van der Waals surface area contributed by atoms with Crippen LogP contribution in [0.1, 0.15) is 22.8 Å². The summed E-state index contributed by atoms with van der Waals surface area (Å²) in [6, 6.07) is 2.77. The number of esters is 1. The number of rotatable bonds is 5. The van der Waals surface area contributed by atoms with Crippen molar-refractivity contribution in [2.24, 2.45) is 0 Å². The number of carbonyl (C=O) groups excluding carboxylic acids is 2. The molecule has 1 rings (SSSR count). The fourth-order valence-electron chi connectivity index (χ4n) is 1.37. The summed E-state index contributed by atoms with van der Waals surface area (Å²) >= 11 is 2.99. The van der Waals surface area contributed by atoms with E-state index in [-0.39, 0.29) is 23.2 Å². The molecule has 0 fully saturated rings. The quantitative estimate of drug-likeness (QED) is 0.475. The number of ether oxygens (including phenoxy) is 2. The highest BCUT2D eigenvalue weighted by Crippen LogP contribution is 2.22. The van der Waals surface area contributed by atoms with Gasteiger partial charge < -0.3 is 9.47 Å². The monoisotopic (exact) mass is 318 g/mol. The van der Waals surface area contributed by atoms with Gasteiger partial charge in [0.25, 0.3) is 5.78 Å². The van der Waals surface area contributed by atoms with Gasteiger partial charge in [0.2, 0.25) is 0 Å². The molecule has 0 atom stereocenters. The lowest BCUT2D eigenvalue weighted by atomic mass is 10.1. The van der Waals surface area contributed by atoms with Crippen LogP contribution in [0.3, 0.4) is 0 Å². The van der Waals surface area contributed by atoms with Gasteiger partial charge in [-0.3, -0.25) is 4.79 Å². The van der Waals surface area contributed by atoms with Gasteiger partial charge in [0.15, 0.2) is 0 Å². The minimum absolute atomic E-state index is 0.0606.